The van der Waals surface area contributed by atoms with Crippen molar-refractivity contribution >= 4 is 40.3 Å². The largest absolute Gasteiger partial charge is 0.479 e. The highest BCUT2D eigenvalue weighted by Gasteiger charge is 2.23. The summed E-state index contributed by atoms with van der Waals surface area (Å²) in [5.41, 5.74) is 1.06. The molecule has 1 aliphatic heterocycles. The number of fused-ring (bicyclic) bond motifs is 1. The number of hydrogen-bond donors (Lipinski definition) is 2. The maximum absolute atomic E-state index is 12.1. The van der Waals surface area contributed by atoms with Crippen LogP contribution in [0, 0.1) is 6.92 Å². The van der Waals surface area contributed by atoms with E-state index in [1.54, 1.807) is 31.2 Å². The summed E-state index contributed by atoms with van der Waals surface area (Å²) in [7, 11) is 0. The van der Waals surface area contributed by atoms with Crippen molar-refractivity contribution in [2.75, 3.05) is 10.6 Å². The van der Waals surface area contributed by atoms with E-state index >= 15 is 0 Å². The van der Waals surface area contributed by atoms with Crippen LogP contribution in [-0.4, -0.2) is 23.7 Å². The lowest BCUT2D eigenvalue weighted by atomic mass is 10.1. The predicted octanol–water partition coefficient (Wildman–Crippen LogP) is 3.38. The van der Waals surface area contributed by atoms with E-state index in [2.05, 4.69) is 10.6 Å². The first-order chi connectivity index (χ1) is 11.9. The SMILES string of the molecule is Cc1ccc(C(=O)CCC(=O)Nc2ccc3c(c2)NC(=O)[C@@H](C)O3)s1. The van der Waals surface area contributed by atoms with Gasteiger partial charge in [-0.05, 0) is 44.2 Å². The molecule has 0 bridgehead atoms. The molecule has 2 amide bonds. The lowest BCUT2D eigenvalue weighted by molar-refractivity contribution is -0.122. The molecule has 25 heavy (non-hydrogen) atoms. The Morgan fingerprint density at radius 1 is 1.24 bits per heavy atom. The van der Waals surface area contributed by atoms with Crippen LogP contribution in [0.25, 0.3) is 0 Å². The van der Waals surface area contributed by atoms with E-state index in [9.17, 15) is 14.4 Å². The topological polar surface area (TPSA) is 84.5 Å². The maximum atomic E-state index is 12.1. The van der Waals surface area contributed by atoms with E-state index in [0.29, 0.717) is 22.0 Å². The molecular formula is C18H18N2O4S. The highest BCUT2D eigenvalue weighted by molar-refractivity contribution is 7.14. The van der Waals surface area contributed by atoms with Crippen LogP contribution in [0.5, 0.6) is 5.75 Å². The average Bonchev–Trinajstić information content (AvgIpc) is 3.00. The van der Waals surface area contributed by atoms with Crippen LogP contribution in [-0.2, 0) is 9.59 Å². The molecule has 0 unspecified atom stereocenters. The third-order valence-corrected chi connectivity index (χ3v) is 4.83. The number of anilines is 2. The fourth-order valence-electron chi connectivity index (χ4n) is 2.44. The smallest absolute Gasteiger partial charge is 0.265 e. The molecule has 1 aromatic carbocycles. The monoisotopic (exact) mass is 358 g/mol. The van der Waals surface area contributed by atoms with Gasteiger partial charge in [0.2, 0.25) is 5.91 Å². The van der Waals surface area contributed by atoms with Gasteiger partial charge in [-0.3, -0.25) is 14.4 Å². The van der Waals surface area contributed by atoms with Gasteiger partial charge in [-0.2, -0.15) is 0 Å². The minimum absolute atomic E-state index is 0.0339. The van der Waals surface area contributed by atoms with Gasteiger partial charge in [0.25, 0.3) is 5.91 Å². The minimum atomic E-state index is -0.542. The van der Waals surface area contributed by atoms with Crippen molar-refractivity contribution < 1.29 is 19.1 Å². The molecule has 1 aliphatic rings. The van der Waals surface area contributed by atoms with Crippen LogP contribution in [0.1, 0.15) is 34.3 Å². The number of hydrogen-bond acceptors (Lipinski definition) is 5. The van der Waals surface area contributed by atoms with Crippen molar-refractivity contribution in [3.05, 3.63) is 40.1 Å². The lowest BCUT2D eigenvalue weighted by Gasteiger charge is -2.23. The second kappa shape index (κ2) is 7.06. The minimum Gasteiger partial charge on any atom is -0.479 e. The van der Waals surface area contributed by atoms with Gasteiger partial charge in [-0.15, -0.1) is 11.3 Å². The fourth-order valence-corrected chi connectivity index (χ4v) is 3.28. The second-order valence-corrected chi connectivity index (χ2v) is 7.13. The number of nitrogens with one attached hydrogen (secondary N) is 2. The van der Waals surface area contributed by atoms with E-state index in [-0.39, 0.29) is 30.4 Å². The predicted molar refractivity (Wildman–Crippen MR) is 96.4 cm³/mol. The van der Waals surface area contributed by atoms with Crippen LogP contribution < -0.4 is 15.4 Å². The second-order valence-electron chi connectivity index (χ2n) is 5.84. The Morgan fingerprint density at radius 3 is 2.76 bits per heavy atom. The van der Waals surface area contributed by atoms with Gasteiger partial charge in [0.15, 0.2) is 11.9 Å². The number of thiophene rings is 1. The van der Waals surface area contributed by atoms with Gasteiger partial charge in [0.05, 0.1) is 10.6 Å². The molecular weight excluding hydrogens is 340 g/mol. The van der Waals surface area contributed by atoms with Gasteiger partial charge in [0.1, 0.15) is 5.75 Å². The molecule has 0 saturated heterocycles. The lowest BCUT2D eigenvalue weighted by Crippen LogP contribution is -2.34. The molecule has 0 fully saturated rings. The van der Waals surface area contributed by atoms with Crippen LogP contribution in [0.4, 0.5) is 11.4 Å². The standard InChI is InChI=1S/C18H18N2O4S/c1-10-3-7-16(25-10)14(21)5-8-17(22)19-12-4-6-15-13(9-12)20-18(23)11(2)24-15/h3-4,6-7,9,11H,5,8H2,1-2H3,(H,19,22)(H,20,23)/t11-/m1/s1. The highest BCUT2D eigenvalue weighted by atomic mass is 32.1. The molecule has 1 aromatic heterocycles. The first-order valence-corrected chi connectivity index (χ1v) is 8.75. The molecule has 1 atom stereocenters. The van der Waals surface area contributed by atoms with Crippen LogP contribution in [0.15, 0.2) is 30.3 Å². The average molecular weight is 358 g/mol. The number of carbonyl (C=O) groups excluding carboxylic acids is 3. The third-order valence-electron chi connectivity index (χ3n) is 3.79. The molecule has 2 aromatic rings. The zero-order valence-corrected chi connectivity index (χ0v) is 14.7. The number of carbonyl (C=O) groups is 3. The Kier molecular flexibility index (Phi) is 4.85. The quantitative estimate of drug-likeness (QED) is 0.803. The molecule has 3 rings (SSSR count). The summed E-state index contributed by atoms with van der Waals surface area (Å²) in [5, 5.41) is 5.46. The zero-order valence-electron chi connectivity index (χ0n) is 13.9. The Hall–Kier alpha value is -2.67. The van der Waals surface area contributed by atoms with Crippen molar-refractivity contribution in [3.8, 4) is 5.75 Å². The van der Waals surface area contributed by atoms with E-state index in [0.717, 1.165) is 4.88 Å². The Labute approximate surface area is 149 Å². The summed E-state index contributed by atoms with van der Waals surface area (Å²) < 4.78 is 5.47. The summed E-state index contributed by atoms with van der Waals surface area (Å²) >= 11 is 1.43. The number of ether oxygens (including phenoxy) is 1. The van der Waals surface area contributed by atoms with Crippen LogP contribution >= 0.6 is 11.3 Å². The van der Waals surface area contributed by atoms with Crippen molar-refractivity contribution in [2.45, 2.75) is 32.8 Å². The van der Waals surface area contributed by atoms with Gasteiger partial charge < -0.3 is 15.4 Å². The molecule has 6 nitrogen and oxygen atoms in total. The number of rotatable bonds is 5. The molecule has 2 N–H and O–H groups in total. The molecule has 0 aliphatic carbocycles. The molecule has 130 valence electrons. The summed E-state index contributed by atoms with van der Waals surface area (Å²) in [5.74, 6) is 0.0486. The van der Waals surface area contributed by atoms with Crippen LogP contribution in [0.3, 0.4) is 0 Å². The highest BCUT2D eigenvalue weighted by Crippen LogP contribution is 2.32. The first-order valence-electron chi connectivity index (χ1n) is 7.93. The summed E-state index contributed by atoms with van der Waals surface area (Å²) in [6.07, 6.45) is -0.277. The molecule has 0 spiro atoms. The fraction of sp³-hybridized carbons (Fsp3) is 0.278. The van der Waals surface area contributed by atoms with Gasteiger partial charge in [0, 0.05) is 23.4 Å². The van der Waals surface area contributed by atoms with Crippen molar-refractivity contribution in [1.29, 1.82) is 0 Å². The van der Waals surface area contributed by atoms with Crippen molar-refractivity contribution in [2.24, 2.45) is 0 Å². The summed E-state index contributed by atoms with van der Waals surface area (Å²) in [6, 6.07) is 8.71. The number of aryl methyl sites for hydroxylation is 1. The Bertz CT molecular complexity index is 843. The van der Waals surface area contributed by atoms with Gasteiger partial charge in [-0.25, -0.2) is 0 Å². The number of benzene rings is 1. The number of ketones is 1. The number of amides is 2. The van der Waals surface area contributed by atoms with Crippen LogP contribution in [0.2, 0.25) is 0 Å². The van der Waals surface area contributed by atoms with E-state index < -0.39 is 6.10 Å². The molecule has 2 heterocycles. The normalized spacial score (nSPS) is 15.8. The molecule has 0 radical (unpaired) electrons. The van der Waals surface area contributed by atoms with Crippen molar-refractivity contribution in [1.82, 2.24) is 0 Å². The third kappa shape index (κ3) is 4.06. The zero-order chi connectivity index (χ0) is 18.0. The molecule has 0 saturated carbocycles. The van der Waals surface area contributed by atoms with E-state index in [1.807, 2.05) is 13.0 Å². The van der Waals surface area contributed by atoms with E-state index in [1.165, 1.54) is 11.3 Å². The Morgan fingerprint density at radius 2 is 2.04 bits per heavy atom. The maximum Gasteiger partial charge on any atom is 0.265 e. The van der Waals surface area contributed by atoms with Gasteiger partial charge >= 0.3 is 0 Å². The first kappa shape index (κ1) is 17.2. The molecule has 7 heteroatoms. The van der Waals surface area contributed by atoms with E-state index in [4.69, 9.17) is 4.74 Å². The van der Waals surface area contributed by atoms with Gasteiger partial charge in [-0.1, -0.05) is 0 Å². The Balaban J connectivity index is 1.57. The summed E-state index contributed by atoms with van der Waals surface area (Å²) in [4.78, 5) is 37.5. The summed E-state index contributed by atoms with van der Waals surface area (Å²) in [6.45, 7) is 3.60. The van der Waals surface area contributed by atoms with Crippen molar-refractivity contribution in [3.63, 3.8) is 0 Å². The number of Topliss-reactive ketones (excluding diaryl/α,β-unsaturated/α-hetero) is 1.